The first-order valence-electron chi connectivity index (χ1n) is 16.6. The molecule has 0 radical (unpaired) electrons. The number of hydrogen-bond donors (Lipinski definition) is 2. The van der Waals surface area contributed by atoms with E-state index in [-0.39, 0.29) is 66.9 Å². The molecule has 1 fully saturated rings. The largest absolute Gasteiger partial charge is 0.504 e. The molecule has 0 bridgehead atoms. The summed E-state index contributed by atoms with van der Waals surface area (Å²) in [5.41, 5.74) is 1.21. The van der Waals surface area contributed by atoms with Gasteiger partial charge in [-0.25, -0.2) is 9.97 Å². The van der Waals surface area contributed by atoms with E-state index in [0.717, 1.165) is 49.8 Å². The van der Waals surface area contributed by atoms with E-state index in [2.05, 4.69) is 26.5 Å². The Morgan fingerprint density at radius 3 is 2.50 bits per heavy atom. The number of piperazine rings is 1. The van der Waals surface area contributed by atoms with Crippen molar-refractivity contribution >= 4 is 34.5 Å². The molecule has 0 spiro atoms. The molecule has 3 aromatic heterocycles. The van der Waals surface area contributed by atoms with Gasteiger partial charge in [0.05, 0.1) is 17.0 Å². The third-order valence-electron chi connectivity index (χ3n) is 9.21. The van der Waals surface area contributed by atoms with E-state index < -0.39 is 29.1 Å². The van der Waals surface area contributed by atoms with E-state index in [1.54, 1.807) is 16.4 Å². The van der Waals surface area contributed by atoms with E-state index in [0.29, 0.717) is 23.6 Å². The quantitative estimate of drug-likeness (QED) is 0.285. The topological polar surface area (TPSA) is 151 Å². The maximum atomic E-state index is 14.2. The summed E-state index contributed by atoms with van der Waals surface area (Å²) in [5, 5.41) is 17.7. The average molecular weight is 694 g/mol. The number of carbonyl (C=O) groups excluding carboxylic acids is 2. The number of benzene rings is 1. The van der Waals surface area contributed by atoms with Crippen LogP contribution in [-0.2, 0) is 23.9 Å². The number of carbonyl (C=O) groups is 2. The van der Waals surface area contributed by atoms with Gasteiger partial charge in [0.1, 0.15) is 18.6 Å². The van der Waals surface area contributed by atoms with Crippen molar-refractivity contribution in [1.82, 2.24) is 34.0 Å². The molecule has 4 heterocycles. The minimum absolute atomic E-state index is 0.0961. The summed E-state index contributed by atoms with van der Waals surface area (Å²) >= 11 is 0. The summed E-state index contributed by atoms with van der Waals surface area (Å²) in [6.07, 6.45) is 3.82. The van der Waals surface area contributed by atoms with E-state index in [9.17, 15) is 32.7 Å². The Morgan fingerprint density at radius 2 is 1.80 bits per heavy atom. The van der Waals surface area contributed by atoms with E-state index >= 15 is 0 Å². The van der Waals surface area contributed by atoms with Crippen LogP contribution in [0.25, 0.3) is 11.4 Å². The fourth-order valence-electron chi connectivity index (χ4n) is 6.50. The molecular weight excluding hydrogens is 655 g/mol. The minimum Gasteiger partial charge on any atom is -0.504 e. The number of hydrogen-bond acceptors (Lipinski definition) is 9. The Kier molecular flexibility index (Phi) is 9.62. The number of fused-ring (bicyclic) bond motifs is 1. The van der Waals surface area contributed by atoms with Gasteiger partial charge in [-0.15, -0.1) is 5.10 Å². The van der Waals surface area contributed by atoms with Gasteiger partial charge >= 0.3 is 6.18 Å². The molecule has 0 atom stereocenters. The van der Waals surface area contributed by atoms with Crippen molar-refractivity contribution in [3.63, 3.8) is 0 Å². The summed E-state index contributed by atoms with van der Waals surface area (Å²) in [6, 6.07) is 3.12. The van der Waals surface area contributed by atoms with E-state index in [4.69, 9.17) is 4.98 Å². The summed E-state index contributed by atoms with van der Waals surface area (Å²) < 4.78 is 42.6. The highest BCUT2D eigenvalue weighted by molar-refractivity contribution is 5.95. The zero-order valence-corrected chi connectivity index (χ0v) is 28.0. The lowest BCUT2D eigenvalue weighted by Crippen LogP contribution is -2.51. The van der Waals surface area contributed by atoms with Gasteiger partial charge in [0.15, 0.2) is 17.3 Å². The van der Waals surface area contributed by atoms with E-state index in [1.807, 2.05) is 11.8 Å². The molecule has 50 heavy (non-hydrogen) atoms. The second-order valence-corrected chi connectivity index (χ2v) is 12.5. The monoisotopic (exact) mass is 693 g/mol. The summed E-state index contributed by atoms with van der Waals surface area (Å²) in [5.74, 6) is -0.668. The van der Waals surface area contributed by atoms with Gasteiger partial charge in [0.2, 0.25) is 11.7 Å². The minimum atomic E-state index is -4.52. The highest BCUT2D eigenvalue weighted by Gasteiger charge is 2.32. The maximum Gasteiger partial charge on any atom is 0.416 e. The van der Waals surface area contributed by atoms with E-state index in [1.165, 1.54) is 23.8 Å². The zero-order valence-electron chi connectivity index (χ0n) is 28.0. The lowest BCUT2D eigenvalue weighted by atomic mass is 10.1. The number of rotatable bonds is 7. The second kappa shape index (κ2) is 13.9. The van der Waals surface area contributed by atoms with Crippen molar-refractivity contribution in [3.8, 4) is 5.75 Å². The molecule has 2 N–H and O–H groups in total. The smallest absolute Gasteiger partial charge is 0.416 e. The van der Waals surface area contributed by atoms with Gasteiger partial charge in [-0.1, -0.05) is 19.4 Å². The number of nitrogens with zero attached hydrogens (tertiary/aromatic N) is 8. The molecule has 16 heteroatoms. The molecule has 1 aromatic carbocycles. The van der Waals surface area contributed by atoms with Crippen molar-refractivity contribution in [2.24, 2.45) is 0 Å². The van der Waals surface area contributed by atoms with Crippen molar-refractivity contribution in [2.45, 2.75) is 72.0 Å². The molecule has 1 saturated heterocycles. The molecule has 2 amide bonds. The predicted molar refractivity (Wildman–Crippen MR) is 179 cm³/mol. The highest BCUT2D eigenvalue weighted by Crippen LogP contribution is 2.32. The summed E-state index contributed by atoms with van der Waals surface area (Å²) in [6.45, 7) is 5.63. The normalized spacial score (nSPS) is 15.6. The Morgan fingerprint density at radius 1 is 1.04 bits per heavy atom. The molecular formula is C34H38F3N9O4. The van der Waals surface area contributed by atoms with Crippen LogP contribution in [0.4, 0.5) is 24.5 Å². The number of aryl methyl sites for hydroxylation is 2. The zero-order chi connectivity index (χ0) is 35.7. The Bertz CT molecular complexity index is 2050. The van der Waals surface area contributed by atoms with Gasteiger partial charge in [0.25, 0.3) is 11.5 Å². The number of halogens is 3. The predicted octanol–water partition coefficient (Wildman–Crippen LogP) is 4.53. The van der Waals surface area contributed by atoms with Gasteiger partial charge in [0, 0.05) is 31.9 Å². The van der Waals surface area contributed by atoms with Crippen LogP contribution in [0.5, 0.6) is 5.75 Å². The van der Waals surface area contributed by atoms with Gasteiger partial charge < -0.3 is 24.8 Å². The van der Waals surface area contributed by atoms with Gasteiger partial charge in [-0.2, -0.15) is 22.7 Å². The van der Waals surface area contributed by atoms with Crippen LogP contribution in [-0.4, -0.2) is 77.1 Å². The molecule has 264 valence electrons. The van der Waals surface area contributed by atoms with Crippen molar-refractivity contribution < 1.29 is 27.9 Å². The number of alkyl halides is 3. The van der Waals surface area contributed by atoms with Gasteiger partial charge in [-0.3, -0.25) is 14.4 Å². The van der Waals surface area contributed by atoms with Gasteiger partial charge in [-0.05, 0) is 75.3 Å². The van der Waals surface area contributed by atoms with Crippen LogP contribution in [0.15, 0.2) is 35.4 Å². The molecule has 4 aromatic rings. The molecule has 6 rings (SSSR count). The Hall–Kier alpha value is -5.28. The number of aromatic nitrogens is 6. The van der Waals surface area contributed by atoms with Crippen LogP contribution in [0.1, 0.15) is 77.9 Å². The number of amides is 2. The summed E-state index contributed by atoms with van der Waals surface area (Å²) in [7, 11) is 0. The van der Waals surface area contributed by atoms with Crippen LogP contribution in [0.2, 0.25) is 0 Å². The molecule has 1 aliphatic carbocycles. The summed E-state index contributed by atoms with van der Waals surface area (Å²) in [4.78, 5) is 57.1. The number of anilines is 2. The van der Waals surface area contributed by atoms with Crippen molar-refractivity contribution in [2.75, 3.05) is 36.4 Å². The van der Waals surface area contributed by atoms with Crippen LogP contribution >= 0.6 is 0 Å². The average Bonchev–Trinajstić information content (AvgIpc) is 3.36. The van der Waals surface area contributed by atoms with Crippen LogP contribution in [0, 0.1) is 13.8 Å². The molecule has 1 aliphatic heterocycles. The second-order valence-electron chi connectivity index (χ2n) is 12.5. The first-order valence-corrected chi connectivity index (χ1v) is 16.6. The first kappa shape index (κ1) is 34.6. The fourth-order valence-corrected chi connectivity index (χ4v) is 6.50. The Labute approximate surface area is 285 Å². The third-order valence-corrected chi connectivity index (χ3v) is 9.21. The van der Waals surface area contributed by atoms with Crippen molar-refractivity contribution in [1.29, 1.82) is 0 Å². The molecule has 0 saturated carbocycles. The van der Waals surface area contributed by atoms with Crippen LogP contribution in [0.3, 0.4) is 0 Å². The van der Waals surface area contributed by atoms with Crippen molar-refractivity contribution in [3.05, 3.63) is 75.0 Å². The Balaban J connectivity index is 1.35. The SMILES string of the molecule is CCc1c(N2CCN(C(=O)c3ncnc(C)c3O)CC2)c(=O)n2nc(C3=CCCCCC3)nc2n1CC(=O)Nc1ccc(C(F)(F)F)cc1C. The highest BCUT2D eigenvalue weighted by atomic mass is 19.4. The number of aromatic hydroxyl groups is 1. The lowest BCUT2D eigenvalue weighted by molar-refractivity contribution is -0.137. The first-order chi connectivity index (χ1) is 23.9. The standard InChI is InChI=1S/C34H38F3N9O4/c1-4-25-28(43-13-15-44(16-14-43)31(49)27-29(48)21(3)38-19-39-27)32(50)46-33(41-30(42-46)22-9-7-5-6-8-10-22)45(25)18-26(47)40-24-12-11-23(17-20(24)2)34(35,36)37/h9,11-12,17,19,48H,4-8,10,13-16,18H2,1-3H3,(H,40,47). The number of allylic oxidation sites excluding steroid dienone is 2. The lowest BCUT2D eigenvalue weighted by Gasteiger charge is -2.36. The number of nitrogens with one attached hydrogen (secondary N) is 1. The third kappa shape index (κ3) is 6.78. The molecule has 0 unspecified atom stereocenters. The molecule has 13 nitrogen and oxygen atoms in total. The van der Waals surface area contributed by atoms with Crippen LogP contribution < -0.4 is 15.8 Å². The molecule has 2 aliphatic rings. The fraction of sp³-hybridized carbons (Fsp3) is 0.441. The maximum absolute atomic E-state index is 14.2.